The van der Waals surface area contributed by atoms with Gasteiger partial charge in [0, 0.05) is 6.04 Å². The van der Waals surface area contributed by atoms with E-state index in [1.807, 2.05) is 6.92 Å². The molecule has 0 saturated heterocycles. The molecular weight excluding hydrogens is 250 g/mol. The molecule has 1 saturated carbocycles. The zero-order valence-electron chi connectivity index (χ0n) is 12.5. The van der Waals surface area contributed by atoms with E-state index in [9.17, 15) is 4.79 Å². The molecule has 0 aromatic heterocycles. The molecule has 1 aliphatic carbocycles. The van der Waals surface area contributed by atoms with Crippen molar-refractivity contribution in [2.45, 2.75) is 51.0 Å². The maximum atomic E-state index is 11.7. The molecule has 3 heteroatoms. The molecule has 2 rings (SSSR count). The van der Waals surface area contributed by atoms with Gasteiger partial charge >= 0.3 is 5.97 Å². The molecule has 1 aliphatic rings. The van der Waals surface area contributed by atoms with Gasteiger partial charge in [0.25, 0.3) is 0 Å². The first kappa shape index (κ1) is 15.0. The molecule has 1 aromatic carbocycles. The van der Waals surface area contributed by atoms with Crippen molar-refractivity contribution in [2.24, 2.45) is 11.1 Å². The van der Waals surface area contributed by atoms with E-state index >= 15 is 0 Å². The van der Waals surface area contributed by atoms with E-state index in [2.05, 4.69) is 30.3 Å². The smallest absolute Gasteiger partial charge is 0.306 e. The van der Waals surface area contributed by atoms with Crippen molar-refractivity contribution in [2.75, 3.05) is 7.11 Å². The molecule has 0 bridgehead atoms. The number of carbonyl (C=O) groups is 1. The second-order valence-electron chi connectivity index (χ2n) is 6.09. The van der Waals surface area contributed by atoms with Crippen LogP contribution in [0, 0.1) is 5.41 Å². The highest BCUT2D eigenvalue weighted by Crippen LogP contribution is 2.46. The second-order valence-corrected chi connectivity index (χ2v) is 6.09. The van der Waals surface area contributed by atoms with Crippen LogP contribution in [-0.4, -0.2) is 19.1 Å². The number of ether oxygens (including phenoxy) is 1. The Hall–Kier alpha value is -1.35. The van der Waals surface area contributed by atoms with Crippen LogP contribution in [0.3, 0.4) is 0 Å². The third kappa shape index (κ3) is 3.21. The molecule has 0 radical (unpaired) electrons. The summed E-state index contributed by atoms with van der Waals surface area (Å²) >= 11 is 0. The van der Waals surface area contributed by atoms with Crippen LogP contribution in [-0.2, 0) is 9.53 Å². The van der Waals surface area contributed by atoms with Crippen molar-refractivity contribution < 1.29 is 9.53 Å². The Morgan fingerprint density at radius 1 is 1.35 bits per heavy atom. The number of nitrogens with two attached hydrogens (primary N) is 1. The highest BCUT2D eigenvalue weighted by Gasteiger charge is 2.40. The molecule has 0 amide bonds. The summed E-state index contributed by atoms with van der Waals surface area (Å²) in [5.41, 5.74) is 7.50. The highest BCUT2D eigenvalue weighted by molar-refractivity contribution is 5.70. The minimum atomic E-state index is -0.138. The number of rotatable bonds is 4. The Balaban J connectivity index is 2.05. The topological polar surface area (TPSA) is 52.3 Å². The third-order valence-electron chi connectivity index (χ3n) is 4.94. The van der Waals surface area contributed by atoms with E-state index in [1.165, 1.54) is 12.7 Å². The molecule has 0 aliphatic heterocycles. The fourth-order valence-corrected chi connectivity index (χ4v) is 3.40. The van der Waals surface area contributed by atoms with Gasteiger partial charge in [-0.05, 0) is 49.5 Å². The van der Waals surface area contributed by atoms with Crippen molar-refractivity contribution in [1.82, 2.24) is 0 Å². The Morgan fingerprint density at radius 3 is 2.45 bits per heavy atom. The predicted molar refractivity (Wildman–Crippen MR) is 80.4 cm³/mol. The average Bonchev–Trinajstić information content (AvgIpc) is 2.48. The lowest BCUT2D eigenvalue weighted by Crippen LogP contribution is -2.43. The van der Waals surface area contributed by atoms with E-state index in [4.69, 9.17) is 10.5 Å². The van der Waals surface area contributed by atoms with Gasteiger partial charge in [0.1, 0.15) is 0 Å². The molecule has 0 heterocycles. The molecule has 1 unspecified atom stereocenters. The number of hydrogen-bond donors (Lipinski definition) is 1. The van der Waals surface area contributed by atoms with Gasteiger partial charge in [0.2, 0.25) is 0 Å². The number of benzene rings is 1. The van der Waals surface area contributed by atoms with Gasteiger partial charge in [-0.2, -0.15) is 0 Å². The van der Waals surface area contributed by atoms with Crippen LogP contribution >= 0.6 is 0 Å². The SMILES string of the molecule is COC(=O)CC1(C(C)N)CCC(c2ccccc2)CC1. The first-order valence-corrected chi connectivity index (χ1v) is 7.45. The fraction of sp³-hybridized carbons (Fsp3) is 0.588. The predicted octanol–water partition coefficient (Wildman–Crippen LogP) is 3.24. The van der Waals surface area contributed by atoms with Crippen molar-refractivity contribution in [3.63, 3.8) is 0 Å². The maximum Gasteiger partial charge on any atom is 0.306 e. The third-order valence-corrected chi connectivity index (χ3v) is 4.94. The van der Waals surface area contributed by atoms with Crippen LogP contribution < -0.4 is 5.73 Å². The van der Waals surface area contributed by atoms with Crippen molar-refractivity contribution in [3.05, 3.63) is 35.9 Å². The largest absolute Gasteiger partial charge is 0.469 e. The van der Waals surface area contributed by atoms with Gasteiger partial charge in [-0.25, -0.2) is 0 Å². The average molecular weight is 275 g/mol. The summed E-state index contributed by atoms with van der Waals surface area (Å²) in [6.07, 6.45) is 4.65. The molecule has 3 nitrogen and oxygen atoms in total. The minimum Gasteiger partial charge on any atom is -0.469 e. The summed E-state index contributed by atoms with van der Waals surface area (Å²) < 4.78 is 4.85. The van der Waals surface area contributed by atoms with Gasteiger partial charge in [-0.15, -0.1) is 0 Å². The summed E-state index contributed by atoms with van der Waals surface area (Å²) in [5, 5.41) is 0. The standard InChI is InChI=1S/C17H25NO2/c1-13(18)17(12-16(19)20-2)10-8-15(9-11-17)14-6-4-3-5-7-14/h3-7,13,15H,8-12,18H2,1-2H3. The van der Waals surface area contributed by atoms with E-state index < -0.39 is 0 Å². The van der Waals surface area contributed by atoms with E-state index in [-0.39, 0.29) is 17.4 Å². The van der Waals surface area contributed by atoms with Gasteiger partial charge < -0.3 is 10.5 Å². The fourth-order valence-electron chi connectivity index (χ4n) is 3.40. The zero-order chi connectivity index (χ0) is 14.6. The minimum absolute atomic E-state index is 0.0262. The van der Waals surface area contributed by atoms with Gasteiger partial charge in [-0.3, -0.25) is 4.79 Å². The Morgan fingerprint density at radius 2 is 1.95 bits per heavy atom. The van der Waals surface area contributed by atoms with Crippen LogP contribution in [0.4, 0.5) is 0 Å². The van der Waals surface area contributed by atoms with Crippen molar-refractivity contribution in [1.29, 1.82) is 0 Å². The molecule has 1 atom stereocenters. The maximum absolute atomic E-state index is 11.7. The lowest BCUT2D eigenvalue weighted by atomic mass is 9.64. The Labute approximate surface area is 121 Å². The van der Waals surface area contributed by atoms with E-state index in [1.54, 1.807) is 0 Å². The van der Waals surface area contributed by atoms with Gasteiger partial charge in [-0.1, -0.05) is 30.3 Å². The monoisotopic (exact) mass is 275 g/mol. The van der Waals surface area contributed by atoms with Crippen LogP contribution in [0.5, 0.6) is 0 Å². The molecular formula is C17H25NO2. The lowest BCUT2D eigenvalue weighted by Gasteiger charge is -2.42. The van der Waals surface area contributed by atoms with Crippen LogP contribution in [0.2, 0.25) is 0 Å². The molecule has 1 aromatic rings. The zero-order valence-corrected chi connectivity index (χ0v) is 12.5. The number of methoxy groups -OCH3 is 1. The van der Waals surface area contributed by atoms with Gasteiger partial charge in [0.15, 0.2) is 0 Å². The molecule has 2 N–H and O–H groups in total. The van der Waals surface area contributed by atoms with Crippen LogP contribution in [0.1, 0.15) is 50.5 Å². The molecule has 20 heavy (non-hydrogen) atoms. The quantitative estimate of drug-likeness (QED) is 0.858. The number of hydrogen-bond acceptors (Lipinski definition) is 3. The Kier molecular flexibility index (Phi) is 4.81. The molecule has 110 valence electrons. The number of esters is 1. The first-order valence-electron chi connectivity index (χ1n) is 7.45. The summed E-state index contributed by atoms with van der Waals surface area (Å²) in [6.45, 7) is 2.02. The molecule has 0 spiro atoms. The Bertz CT molecular complexity index is 434. The van der Waals surface area contributed by atoms with Gasteiger partial charge in [0.05, 0.1) is 13.5 Å². The van der Waals surface area contributed by atoms with E-state index in [0.29, 0.717) is 12.3 Å². The normalized spacial score (nSPS) is 27.9. The second kappa shape index (κ2) is 6.40. The van der Waals surface area contributed by atoms with Crippen molar-refractivity contribution in [3.8, 4) is 0 Å². The van der Waals surface area contributed by atoms with E-state index in [0.717, 1.165) is 25.7 Å². The highest BCUT2D eigenvalue weighted by atomic mass is 16.5. The number of carbonyl (C=O) groups excluding carboxylic acids is 1. The van der Waals surface area contributed by atoms with Crippen LogP contribution in [0.25, 0.3) is 0 Å². The summed E-state index contributed by atoms with van der Waals surface area (Å²) in [4.78, 5) is 11.7. The molecule has 1 fully saturated rings. The summed E-state index contributed by atoms with van der Waals surface area (Å²) in [5.74, 6) is 0.459. The lowest BCUT2D eigenvalue weighted by molar-refractivity contribution is -0.144. The summed E-state index contributed by atoms with van der Waals surface area (Å²) in [7, 11) is 1.45. The first-order chi connectivity index (χ1) is 9.57. The summed E-state index contributed by atoms with van der Waals surface area (Å²) in [6, 6.07) is 10.7. The van der Waals surface area contributed by atoms with Crippen LogP contribution in [0.15, 0.2) is 30.3 Å². The van der Waals surface area contributed by atoms with Crippen molar-refractivity contribution >= 4 is 5.97 Å².